The van der Waals surface area contributed by atoms with Crippen LogP contribution in [0, 0.1) is 0 Å². The van der Waals surface area contributed by atoms with Crippen LogP contribution >= 0.6 is 0 Å². The van der Waals surface area contributed by atoms with Crippen LogP contribution in [0.1, 0.15) is 17.3 Å². The molecule has 0 radical (unpaired) electrons. The van der Waals surface area contributed by atoms with E-state index in [1.54, 1.807) is 25.1 Å². The number of hydrogen-bond donors (Lipinski definition) is 1. The van der Waals surface area contributed by atoms with E-state index in [9.17, 15) is 13.2 Å². The predicted molar refractivity (Wildman–Crippen MR) is 74.3 cm³/mol. The van der Waals surface area contributed by atoms with Gasteiger partial charge in [0.05, 0.1) is 4.90 Å². The van der Waals surface area contributed by atoms with Gasteiger partial charge in [-0.15, -0.1) is 0 Å². The minimum atomic E-state index is -3.50. The van der Waals surface area contributed by atoms with E-state index < -0.39 is 10.0 Å². The SMILES string of the molecule is CC(=O)c1ccccc1.NS(=O)(=O)c1ccccc1. The second-order valence-electron chi connectivity index (χ2n) is 3.78. The van der Waals surface area contributed by atoms with Gasteiger partial charge in [-0.3, -0.25) is 4.79 Å². The molecule has 0 heterocycles. The number of hydrogen-bond acceptors (Lipinski definition) is 3. The maximum Gasteiger partial charge on any atom is 0.238 e. The summed E-state index contributed by atoms with van der Waals surface area (Å²) >= 11 is 0. The molecule has 5 heteroatoms. The number of nitrogens with two attached hydrogens (primary N) is 1. The van der Waals surface area contributed by atoms with Crippen molar-refractivity contribution >= 4 is 15.8 Å². The fourth-order valence-electron chi connectivity index (χ4n) is 1.28. The van der Waals surface area contributed by atoms with E-state index in [4.69, 9.17) is 5.14 Å². The summed E-state index contributed by atoms with van der Waals surface area (Å²) in [5.41, 5.74) is 0.775. The monoisotopic (exact) mass is 277 g/mol. The van der Waals surface area contributed by atoms with Crippen molar-refractivity contribution in [2.75, 3.05) is 0 Å². The van der Waals surface area contributed by atoms with Crippen molar-refractivity contribution in [3.63, 3.8) is 0 Å². The second-order valence-corrected chi connectivity index (χ2v) is 5.34. The summed E-state index contributed by atoms with van der Waals surface area (Å²) in [6.07, 6.45) is 0. The lowest BCUT2D eigenvalue weighted by Gasteiger charge is -1.93. The summed E-state index contributed by atoms with van der Waals surface area (Å²) in [7, 11) is -3.50. The zero-order valence-corrected chi connectivity index (χ0v) is 11.3. The average Bonchev–Trinajstić information content (AvgIpc) is 2.40. The van der Waals surface area contributed by atoms with E-state index in [1.165, 1.54) is 12.1 Å². The van der Waals surface area contributed by atoms with E-state index in [0.717, 1.165) is 5.56 Å². The van der Waals surface area contributed by atoms with Crippen LogP contribution in [0.4, 0.5) is 0 Å². The van der Waals surface area contributed by atoms with E-state index >= 15 is 0 Å². The Hall–Kier alpha value is -1.98. The average molecular weight is 277 g/mol. The van der Waals surface area contributed by atoms with Gasteiger partial charge in [-0.05, 0) is 19.1 Å². The molecule has 0 unspecified atom stereocenters. The first-order valence-electron chi connectivity index (χ1n) is 5.55. The lowest BCUT2D eigenvalue weighted by Crippen LogP contribution is -2.11. The van der Waals surface area contributed by atoms with Gasteiger partial charge in [-0.25, -0.2) is 13.6 Å². The molecule has 0 aliphatic rings. The quantitative estimate of drug-likeness (QED) is 0.855. The first-order chi connectivity index (χ1) is 8.91. The number of Topliss-reactive ketones (excluding diaryl/α,β-unsaturated/α-hetero) is 1. The van der Waals surface area contributed by atoms with Crippen LogP contribution in [0.15, 0.2) is 65.6 Å². The lowest BCUT2D eigenvalue weighted by atomic mass is 10.2. The van der Waals surface area contributed by atoms with Crippen LogP contribution in [-0.2, 0) is 10.0 Å². The highest BCUT2D eigenvalue weighted by molar-refractivity contribution is 7.89. The fourth-order valence-corrected chi connectivity index (χ4v) is 1.82. The standard InChI is InChI=1S/C8H8O.C6H7NO2S/c1-7(9)8-5-3-2-4-6-8;7-10(8,9)6-4-2-1-3-5-6/h2-6H,1H3;1-5H,(H2,7,8,9). The summed E-state index contributed by atoms with van der Waals surface area (Å²) in [4.78, 5) is 10.8. The third kappa shape index (κ3) is 5.46. The largest absolute Gasteiger partial charge is 0.295 e. The molecule has 0 aliphatic carbocycles. The molecular formula is C14H15NO3S. The van der Waals surface area contributed by atoms with Gasteiger partial charge in [-0.1, -0.05) is 48.5 Å². The second kappa shape index (κ2) is 6.82. The van der Waals surface area contributed by atoms with Crippen LogP contribution in [0.3, 0.4) is 0 Å². The van der Waals surface area contributed by atoms with Crippen LogP contribution in [-0.4, -0.2) is 14.2 Å². The number of primary sulfonamides is 1. The van der Waals surface area contributed by atoms with Gasteiger partial charge in [0.1, 0.15) is 0 Å². The van der Waals surface area contributed by atoms with E-state index in [1.807, 2.05) is 30.3 Å². The number of carbonyl (C=O) groups excluding carboxylic acids is 1. The highest BCUT2D eigenvalue weighted by atomic mass is 32.2. The number of ketones is 1. The molecule has 2 N–H and O–H groups in total. The Balaban J connectivity index is 0.000000191. The van der Waals surface area contributed by atoms with Crippen molar-refractivity contribution < 1.29 is 13.2 Å². The molecule has 4 nitrogen and oxygen atoms in total. The molecule has 2 rings (SSSR count). The van der Waals surface area contributed by atoms with E-state index in [-0.39, 0.29) is 10.7 Å². The molecule has 0 bridgehead atoms. The molecular weight excluding hydrogens is 262 g/mol. The fraction of sp³-hybridized carbons (Fsp3) is 0.0714. The summed E-state index contributed by atoms with van der Waals surface area (Å²) < 4.78 is 21.2. The van der Waals surface area contributed by atoms with Crippen LogP contribution in [0.25, 0.3) is 0 Å². The van der Waals surface area contributed by atoms with Gasteiger partial charge in [-0.2, -0.15) is 0 Å². The predicted octanol–water partition coefficient (Wildman–Crippen LogP) is 2.22. The maximum absolute atomic E-state index is 10.6. The van der Waals surface area contributed by atoms with Gasteiger partial charge in [0, 0.05) is 5.56 Å². The van der Waals surface area contributed by atoms with E-state index in [0.29, 0.717) is 0 Å². The van der Waals surface area contributed by atoms with Crippen LogP contribution < -0.4 is 5.14 Å². The number of rotatable bonds is 2. The van der Waals surface area contributed by atoms with Crippen molar-refractivity contribution in [3.05, 3.63) is 66.2 Å². The third-order valence-electron chi connectivity index (χ3n) is 2.25. The van der Waals surface area contributed by atoms with Gasteiger partial charge in [0.2, 0.25) is 10.0 Å². The molecule has 0 saturated heterocycles. The van der Waals surface area contributed by atoms with Gasteiger partial charge in [0.25, 0.3) is 0 Å². The van der Waals surface area contributed by atoms with Crippen molar-refractivity contribution in [3.8, 4) is 0 Å². The van der Waals surface area contributed by atoms with Gasteiger partial charge >= 0.3 is 0 Å². The zero-order chi connectivity index (χ0) is 14.3. The summed E-state index contributed by atoms with van der Waals surface area (Å²) in [5, 5.41) is 4.83. The first kappa shape index (κ1) is 15.1. The number of benzene rings is 2. The van der Waals surface area contributed by atoms with Crippen molar-refractivity contribution in [2.24, 2.45) is 5.14 Å². The molecule has 19 heavy (non-hydrogen) atoms. The number of carbonyl (C=O) groups is 1. The minimum Gasteiger partial charge on any atom is -0.295 e. The minimum absolute atomic E-state index is 0.121. The normalized spacial score (nSPS) is 10.2. The van der Waals surface area contributed by atoms with Gasteiger partial charge < -0.3 is 0 Å². The molecule has 0 atom stereocenters. The smallest absolute Gasteiger partial charge is 0.238 e. The Kier molecular flexibility index (Phi) is 5.41. The molecule has 0 fully saturated rings. The molecule has 0 saturated carbocycles. The van der Waals surface area contributed by atoms with E-state index in [2.05, 4.69) is 0 Å². The van der Waals surface area contributed by atoms with Gasteiger partial charge in [0.15, 0.2) is 5.78 Å². The number of sulfonamides is 1. The Morgan fingerprint density at radius 2 is 1.32 bits per heavy atom. The Bertz CT molecular complexity index is 622. The van der Waals surface area contributed by atoms with Crippen molar-refractivity contribution in [1.82, 2.24) is 0 Å². The molecule has 2 aromatic carbocycles. The molecule has 0 aliphatic heterocycles. The maximum atomic E-state index is 10.6. The van der Waals surface area contributed by atoms with Crippen LogP contribution in [0.5, 0.6) is 0 Å². The molecule has 100 valence electrons. The van der Waals surface area contributed by atoms with Crippen molar-refractivity contribution in [1.29, 1.82) is 0 Å². The lowest BCUT2D eigenvalue weighted by molar-refractivity contribution is 0.101. The summed E-state index contributed by atoms with van der Waals surface area (Å²) in [6.45, 7) is 1.56. The summed E-state index contributed by atoms with van der Waals surface area (Å²) in [6, 6.07) is 17.1. The van der Waals surface area contributed by atoms with Crippen molar-refractivity contribution in [2.45, 2.75) is 11.8 Å². The zero-order valence-electron chi connectivity index (χ0n) is 10.5. The molecule has 0 amide bonds. The Morgan fingerprint density at radius 1 is 0.895 bits per heavy atom. The first-order valence-corrected chi connectivity index (χ1v) is 7.09. The molecule has 2 aromatic rings. The topological polar surface area (TPSA) is 77.2 Å². The third-order valence-corrected chi connectivity index (χ3v) is 3.18. The Labute approximate surface area is 112 Å². The highest BCUT2D eigenvalue weighted by Gasteiger charge is 2.03. The molecule has 0 aromatic heterocycles. The summed E-state index contributed by atoms with van der Waals surface area (Å²) in [5.74, 6) is 0.121. The van der Waals surface area contributed by atoms with Crippen LogP contribution in [0.2, 0.25) is 0 Å². The highest BCUT2D eigenvalue weighted by Crippen LogP contribution is 2.03. The Morgan fingerprint density at radius 3 is 1.58 bits per heavy atom. The molecule has 0 spiro atoms.